The van der Waals surface area contributed by atoms with Gasteiger partial charge in [-0.05, 0) is 72.6 Å². The van der Waals surface area contributed by atoms with Crippen molar-refractivity contribution in [3.63, 3.8) is 0 Å². The van der Waals surface area contributed by atoms with E-state index in [0.717, 1.165) is 11.1 Å². The molecule has 0 aliphatic carbocycles. The van der Waals surface area contributed by atoms with E-state index in [0.29, 0.717) is 46.8 Å². The van der Waals surface area contributed by atoms with Crippen LogP contribution < -0.4 is 5.32 Å². The lowest BCUT2D eigenvalue weighted by Crippen LogP contribution is -2.39. The van der Waals surface area contributed by atoms with E-state index in [9.17, 15) is 9.59 Å². The molecule has 0 aromatic heterocycles. The number of thiocarbonyl (C=S) groups is 1. The molecular formula is C27H25Cl2N3O2S. The number of amides is 2. The highest BCUT2D eigenvalue weighted by Crippen LogP contribution is 2.23. The Balaban J connectivity index is 1.47. The van der Waals surface area contributed by atoms with Crippen LogP contribution in [0.5, 0.6) is 0 Å². The van der Waals surface area contributed by atoms with E-state index in [-0.39, 0.29) is 18.2 Å². The lowest BCUT2D eigenvalue weighted by molar-refractivity contribution is -0.130. The molecule has 180 valence electrons. The second kappa shape index (κ2) is 11.7. The van der Waals surface area contributed by atoms with E-state index in [1.54, 1.807) is 29.2 Å². The summed E-state index contributed by atoms with van der Waals surface area (Å²) in [4.78, 5) is 29.8. The normalized spacial score (nSPS) is 15.5. The Hall–Kier alpha value is -2.93. The number of nitrogens with one attached hydrogen (secondary N) is 1. The molecule has 0 radical (unpaired) electrons. The van der Waals surface area contributed by atoms with Gasteiger partial charge in [-0.15, -0.1) is 0 Å². The first-order valence-electron chi connectivity index (χ1n) is 11.4. The molecule has 3 aromatic rings. The first-order valence-corrected chi connectivity index (χ1v) is 12.5. The summed E-state index contributed by atoms with van der Waals surface area (Å²) in [7, 11) is 0. The predicted molar refractivity (Wildman–Crippen MR) is 145 cm³/mol. The third kappa shape index (κ3) is 6.60. The predicted octanol–water partition coefficient (Wildman–Crippen LogP) is 5.61. The molecule has 3 aromatic carbocycles. The fourth-order valence-corrected chi connectivity index (χ4v) is 4.71. The lowest BCUT2D eigenvalue weighted by atomic mass is 10.1. The van der Waals surface area contributed by atoms with Crippen LogP contribution in [0.4, 0.5) is 5.69 Å². The van der Waals surface area contributed by atoms with Crippen LogP contribution in [0.3, 0.4) is 0 Å². The Morgan fingerprint density at radius 3 is 2.06 bits per heavy atom. The van der Waals surface area contributed by atoms with Crippen molar-refractivity contribution in [1.29, 1.82) is 0 Å². The molecule has 4 rings (SSSR count). The molecule has 1 fully saturated rings. The van der Waals surface area contributed by atoms with Gasteiger partial charge in [-0.3, -0.25) is 14.5 Å². The number of carbonyl (C=O) groups is 2. The van der Waals surface area contributed by atoms with Gasteiger partial charge in [-0.1, -0.05) is 65.7 Å². The highest BCUT2D eigenvalue weighted by molar-refractivity contribution is 7.80. The van der Waals surface area contributed by atoms with Crippen molar-refractivity contribution in [2.75, 3.05) is 18.4 Å². The van der Waals surface area contributed by atoms with Crippen LogP contribution >= 0.6 is 35.4 Å². The smallest absolute Gasteiger partial charge is 0.252 e. The molecule has 1 aliphatic heterocycles. The number of carbonyl (C=O) groups excluding carboxylic acids is 2. The molecule has 35 heavy (non-hydrogen) atoms. The molecule has 1 heterocycles. The second-order valence-corrected chi connectivity index (χ2v) is 9.59. The molecule has 2 amide bonds. The zero-order chi connectivity index (χ0) is 24.8. The SMILES string of the molecule is O=C(CC1C(=O)N(CCc2ccccc2)C(=S)N1CCc1ccc(Cl)cc1)Nc1ccc(Cl)cc1. The number of anilines is 1. The molecule has 0 spiro atoms. The van der Waals surface area contributed by atoms with Gasteiger partial charge in [-0.25, -0.2) is 0 Å². The molecule has 1 aliphatic rings. The third-order valence-electron chi connectivity index (χ3n) is 5.93. The van der Waals surface area contributed by atoms with Crippen LogP contribution in [0.2, 0.25) is 10.0 Å². The van der Waals surface area contributed by atoms with Crippen LogP contribution in [0.25, 0.3) is 0 Å². The van der Waals surface area contributed by atoms with Crippen LogP contribution in [-0.2, 0) is 22.4 Å². The van der Waals surface area contributed by atoms with Gasteiger partial charge in [0.15, 0.2) is 5.11 Å². The first-order chi connectivity index (χ1) is 16.9. The average Bonchev–Trinajstić information content (AvgIpc) is 3.07. The molecule has 1 saturated heterocycles. The zero-order valence-corrected chi connectivity index (χ0v) is 21.3. The topological polar surface area (TPSA) is 52.7 Å². The molecule has 0 saturated carbocycles. The van der Waals surface area contributed by atoms with Gasteiger partial charge in [-0.2, -0.15) is 0 Å². The second-order valence-electron chi connectivity index (χ2n) is 8.35. The van der Waals surface area contributed by atoms with E-state index in [4.69, 9.17) is 35.4 Å². The fraction of sp³-hybridized carbons (Fsp3) is 0.222. The Morgan fingerprint density at radius 2 is 1.40 bits per heavy atom. The van der Waals surface area contributed by atoms with Crippen molar-refractivity contribution in [3.05, 3.63) is 100 Å². The van der Waals surface area contributed by atoms with Crippen molar-refractivity contribution in [1.82, 2.24) is 9.80 Å². The molecule has 0 bridgehead atoms. The zero-order valence-electron chi connectivity index (χ0n) is 19.0. The van der Waals surface area contributed by atoms with Gasteiger partial charge in [0.2, 0.25) is 5.91 Å². The van der Waals surface area contributed by atoms with Gasteiger partial charge in [0.05, 0.1) is 6.42 Å². The standard InChI is InChI=1S/C27H25Cl2N3O2S/c28-21-8-6-20(7-9-21)14-16-31-24(18-25(33)30-23-12-10-22(29)11-13-23)26(34)32(27(31)35)17-15-19-4-2-1-3-5-19/h1-13,24H,14-18H2,(H,30,33). The summed E-state index contributed by atoms with van der Waals surface area (Å²) in [6, 6.07) is 23.8. The summed E-state index contributed by atoms with van der Waals surface area (Å²) in [5, 5.41) is 4.57. The third-order valence-corrected chi connectivity index (χ3v) is 6.89. The van der Waals surface area contributed by atoms with Crippen molar-refractivity contribution in [2.45, 2.75) is 25.3 Å². The monoisotopic (exact) mass is 525 g/mol. The molecular weight excluding hydrogens is 501 g/mol. The molecule has 8 heteroatoms. The summed E-state index contributed by atoms with van der Waals surface area (Å²) in [6.07, 6.45) is 1.36. The van der Waals surface area contributed by atoms with Crippen molar-refractivity contribution >= 4 is 58.0 Å². The van der Waals surface area contributed by atoms with Crippen molar-refractivity contribution in [3.8, 4) is 0 Å². The maximum atomic E-state index is 13.4. The van der Waals surface area contributed by atoms with E-state index in [2.05, 4.69) is 5.32 Å². The van der Waals surface area contributed by atoms with Gasteiger partial charge in [0.25, 0.3) is 5.91 Å². The number of nitrogens with zero attached hydrogens (tertiary/aromatic N) is 2. The van der Waals surface area contributed by atoms with Crippen LogP contribution in [-0.4, -0.2) is 45.9 Å². The molecule has 1 N–H and O–H groups in total. The Labute approximate surface area is 220 Å². The Morgan fingerprint density at radius 1 is 0.829 bits per heavy atom. The summed E-state index contributed by atoms with van der Waals surface area (Å²) in [6.45, 7) is 0.987. The number of benzene rings is 3. The van der Waals surface area contributed by atoms with Gasteiger partial charge in [0, 0.05) is 28.8 Å². The van der Waals surface area contributed by atoms with E-state index < -0.39 is 6.04 Å². The summed E-state index contributed by atoms with van der Waals surface area (Å²) in [5.41, 5.74) is 2.83. The van der Waals surface area contributed by atoms with E-state index in [1.165, 1.54) is 0 Å². The molecule has 1 unspecified atom stereocenters. The quantitative estimate of drug-likeness (QED) is 0.369. The summed E-state index contributed by atoms with van der Waals surface area (Å²) >= 11 is 17.7. The van der Waals surface area contributed by atoms with Gasteiger partial charge >= 0.3 is 0 Å². The Bertz CT molecular complexity index is 1190. The minimum Gasteiger partial charge on any atom is -0.336 e. The summed E-state index contributed by atoms with van der Waals surface area (Å²) in [5.74, 6) is -0.400. The van der Waals surface area contributed by atoms with Gasteiger partial charge in [0.1, 0.15) is 6.04 Å². The minimum atomic E-state index is -0.655. The van der Waals surface area contributed by atoms with Crippen LogP contribution in [0, 0.1) is 0 Å². The lowest BCUT2D eigenvalue weighted by Gasteiger charge is -2.24. The first kappa shape index (κ1) is 25.2. The fourth-order valence-electron chi connectivity index (χ4n) is 4.06. The van der Waals surface area contributed by atoms with Crippen molar-refractivity contribution in [2.24, 2.45) is 0 Å². The van der Waals surface area contributed by atoms with Crippen LogP contribution in [0.15, 0.2) is 78.9 Å². The van der Waals surface area contributed by atoms with E-state index in [1.807, 2.05) is 59.5 Å². The van der Waals surface area contributed by atoms with E-state index >= 15 is 0 Å². The van der Waals surface area contributed by atoms with Crippen molar-refractivity contribution < 1.29 is 9.59 Å². The highest BCUT2D eigenvalue weighted by atomic mass is 35.5. The summed E-state index contributed by atoms with van der Waals surface area (Å²) < 4.78 is 0. The highest BCUT2D eigenvalue weighted by Gasteiger charge is 2.42. The van der Waals surface area contributed by atoms with Crippen LogP contribution in [0.1, 0.15) is 17.5 Å². The number of rotatable bonds is 9. The number of hydrogen-bond acceptors (Lipinski definition) is 3. The minimum absolute atomic E-state index is 0.00402. The number of hydrogen-bond donors (Lipinski definition) is 1. The molecule has 5 nitrogen and oxygen atoms in total. The maximum absolute atomic E-state index is 13.4. The van der Waals surface area contributed by atoms with Gasteiger partial charge < -0.3 is 10.2 Å². The largest absolute Gasteiger partial charge is 0.336 e. The number of halogens is 2. The maximum Gasteiger partial charge on any atom is 0.252 e. The molecule has 1 atom stereocenters. The average molecular weight is 526 g/mol. The Kier molecular flexibility index (Phi) is 8.39.